The van der Waals surface area contributed by atoms with Crippen molar-refractivity contribution in [1.29, 1.82) is 0 Å². The normalized spacial score (nSPS) is 11.1. The molecule has 0 spiro atoms. The molecule has 0 fully saturated rings. The van der Waals surface area contributed by atoms with E-state index in [0.717, 1.165) is 24.2 Å². The summed E-state index contributed by atoms with van der Waals surface area (Å²) in [6.45, 7) is 10.8. The quantitative estimate of drug-likeness (QED) is 0.825. The predicted octanol–water partition coefficient (Wildman–Crippen LogP) is 4.31. The van der Waals surface area contributed by atoms with Crippen LogP contribution < -0.4 is 0 Å². The van der Waals surface area contributed by atoms with Crippen LogP contribution in [0.5, 0.6) is 0 Å². The molecule has 2 nitrogen and oxygen atoms in total. The molecule has 20 heavy (non-hydrogen) atoms. The number of hydrogen-bond donors (Lipinski definition) is 0. The molecule has 0 saturated carbocycles. The summed E-state index contributed by atoms with van der Waals surface area (Å²) in [5.74, 6) is 0.441. The first-order chi connectivity index (χ1) is 9.47. The van der Waals surface area contributed by atoms with Crippen molar-refractivity contribution in [2.45, 2.75) is 53.4 Å². The summed E-state index contributed by atoms with van der Waals surface area (Å²) in [7, 11) is 0. The zero-order chi connectivity index (χ0) is 14.7. The highest BCUT2D eigenvalue weighted by atomic mass is 15.1. The molecular weight excluding hydrogens is 244 g/mol. The molecule has 0 saturated heterocycles. The van der Waals surface area contributed by atoms with Gasteiger partial charge in [0.25, 0.3) is 0 Å². The molecule has 0 amide bonds. The molecule has 0 unspecified atom stereocenters. The van der Waals surface area contributed by atoms with Gasteiger partial charge in [-0.25, -0.2) is 0 Å². The molecule has 1 heterocycles. The molecule has 0 radical (unpaired) electrons. The number of hydrogen-bond acceptors (Lipinski definition) is 2. The van der Waals surface area contributed by atoms with Crippen molar-refractivity contribution < 1.29 is 0 Å². The van der Waals surface area contributed by atoms with E-state index >= 15 is 0 Å². The van der Waals surface area contributed by atoms with Crippen LogP contribution in [0.2, 0.25) is 0 Å². The van der Waals surface area contributed by atoms with Gasteiger partial charge in [-0.2, -0.15) is 10.2 Å². The van der Waals surface area contributed by atoms with Crippen molar-refractivity contribution in [3.63, 3.8) is 0 Å². The van der Waals surface area contributed by atoms with Gasteiger partial charge in [0.2, 0.25) is 0 Å². The highest BCUT2D eigenvalue weighted by Crippen LogP contribution is 2.17. The minimum atomic E-state index is 0.441. The highest BCUT2D eigenvalue weighted by Gasteiger charge is 2.08. The Morgan fingerprint density at radius 1 is 0.900 bits per heavy atom. The lowest BCUT2D eigenvalue weighted by Crippen LogP contribution is -2.04. The van der Waals surface area contributed by atoms with Crippen LogP contribution in [-0.4, -0.2) is 10.2 Å². The maximum atomic E-state index is 4.38. The van der Waals surface area contributed by atoms with Crippen LogP contribution in [0.25, 0.3) is 0 Å². The van der Waals surface area contributed by atoms with Crippen molar-refractivity contribution in [2.24, 2.45) is 0 Å². The summed E-state index contributed by atoms with van der Waals surface area (Å²) in [5.41, 5.74) is 7.55. The Morgan fingerprint density at radius 3 is 2.25 bits per heavy atom. The third-order valence-electron chi connectivity index (χ3n) is 3.77. The molecule has 0 atom stereocenters. The van der Waals surface area contributed by atoms with E-state index in [0.29, 0.717) is 5.92 Å². The fraction of sp³-hybridized carbons (Fsp3) is 0.444. The van der Waals surface area contributed by atoms with Gasteiger partial charge in [-0.1, -0.05) is 37.6 Å². The van der Waals surface area contributed by atoms with Crippen molar-refractivity contribution >= 4 is 0 Å². The fourth-order valence-electron chi connectivity index (χ4n) is 2.63. The molecule has 0 aliphatic carbocycles. The van der Waals surface area contributed by atoms with Gasteiger partial charge in [-0.15, -0.1) is 0 Å². The van der Waals surface area contributed by atoms with E-state index in [-0.39, 0.29) is 0 Å². The van der Waals surface area contributed by atoms with Gasteiger partial charge in [0.05, 0.1) is 11.4 Å². The molecule has 2 rings (SSSR count). The molecular formula is C18H24N2. The Morgan fingerprint density at radius 2 is 1.65 bits per heavy atom. The maximum absolute atomic E-state index is 4.38. The van der Waals surface area contributed by atoms with Crippen molar-refractivity contribution in [2.75, 3.05) is 0 Å². The highest BCUT2D eigenvalue weighted by molar-refractivity contribution is 5.31. The van der Waals surface area contributed by atoms with Crippen LogP contribution >= 0.6 is 0 Å². The van der Waals surface area contributed by atoms with E-state index in [1.807, 2.05) is 0 Å². The molecule has 2 heteroatoms. The zero-order valence-corrected chi connectivity index (χ0v) is 13.2. The number of aryl methyl sites for hydroxylation is 5. The summed E-state index contributed by atoms with van der Waals surface area (Å²) in [4.78, 5) is 0. The smallest absolute Gasteiger partial charge is 0.0685 e. The third-order valence-corrected chi connectivity index (χ3v) is 3.77. The molecule has 2 aromatic rings. The Balaban J connectivity index is 2.09. The standard InChI is InChI=1S/C18H24N2/c1-12(2)18-15(5)11-17(19-20-18)9-8-16-7-6-13(3)10-14(16)4/h6-7,10-12H,8-9H2,1-5H3. The van der Waals surface area contributed by atoms with Gasteiger partial charge < -0.3 is 0 Å². The molecule has 0 N–H and O–H groups in total. The molecule has 0 aliphatic heterocycles. The Labute approximate surface area is 122 Å². The first kappa shape index (κ1) is 14.7. The SMILES string of the molecule is Cc1ccc(CCc2cc(C)c(C(C)C)nn2)c(C)c1. The Bertz CT molecular complexity index is 600. The molecule has 1 aromatic heterocycles. The lowest BCUT2D eigenvalue weighted by Gasteiger charge is -2.10. The first-order valence-corrected chi connectivity index (χ1v) is 7.36. The van der Waals surface area contributed by atoms with Crippen LogP contribution in [0.15, 0.2) is 24.3 Å². The topological polar surface area (TPSA) is 25.8 Å². The zero-order valence-electron chi connectivity index (χ0n) is 13.2. The van der Waals surface area contributed by atoms with Crippen LogP contribution in [-0.2, 0) is 12.8 Å². The predicted molar refractivity (Wildman–Crippen MR) is 84.2 cm³/mol. The van der Waals surface area contributed by atoms with Gasteiger partial charge in [0, 0.05) is 0 Å². The summed E-state index contributed by atoms with van der Waals surface area (Å²) in [6.07, 6.45) is 1.98. The van der Waals surface area contributed by atoms with E-state index in [9.17, 15) is 0 Å². The summed E-state index contributed by atoms with van der Waals surface area (Å²) < 4.78 is 0. The van der Waals surface area contributed by atoms with E-state index in [2.05, 4.69) is 69.1 Å². The molecule has 1 aromatic carbocycles. The summed E-state index contributed by atoms with van der Waals surface area (Å²) in [5, 5.41) is 8.75. The minimum Gasteiger partial charge on any atom is -0.155 e. The molecule has 106 valence electrons. The number of nitrogens with zero attached hydrogens (tertiary/aromatic N) is 2. The summed E-state index contributed by atoms with van der Waals surface area (Å²) >= 11 is 0. The Kier molecular flexibility index (Phi) is 4.53. The van der Waals surface area contributed by atoms with Crippen molar-refractivity contribution in [1.82, 2.24) is 10.2 Å². The lowest BCUT2D eigenvalue weighted by atomic mass is 9.99. The van der Waals surface area contributed by atoms with E-state index in [1.165, 1.54) is 22.3 Å². The molecule has 0 aliphatic rings. The van der Waals surface area contributed by atoms with E-state index in [4.69, 9.17) is 0 Å². The Hall–Kier alpha value is -1.70. The van der Waals surface area contributed by atoms with Crippen molar-refractivity contribution in [3.05, 3.63) is 57.9 Å². The number of aromatic nitrogens is 2. The van der Waals surface area contributed by atoms with Crippen LogP contribution in [0.1, 0.15) is 53.4 Å². The maximum Gasteiger partial charge on any atom is 0.0685 e. The van der Waals surface area contributed by atoms with Gasteiger partial charge in [0.1, 0.15) is 0 Å². The summed E-state index contributed by atoms with van der Waals surface area (Å²) in [6, 6.07) is 8.84. The number of benzene rings is 1. The van der Waals surface area contributed by atoms with Gasteiger partial charge in [-0.3, -0.25) is 0 Å². The fourth-order valence-corrected chi connectivity index (χ4v) is 2.63. The second-order valence-electron chi connectivity index (χ2n) is 5.99. The van der Waals surface area contributed by atoms with Crippen molar-refractivity contribution in [3.8, 4) is 0 Å². The van der Waals surface area contributed by atoms with Gasteiger partial charge in [0.15, 0.2) is 0 Å². The lowest BCUT2D eigenvalue weighted by molar-refractivity contribution is 0.748. The van der Waals surface area contributed by atoms with E-state index < -0.39 is 0 Å². The first-order valence-electron chi connectivity index (χ1n) is 7.36. The average molecular weight is 268 g/mol. The largest absolute Gasteiger partial charge is 0.155 e. The second-order valence-corrected chi connectivity index (χ2v) is 5.99. The van der Waals surface area contributed by atoms with Crippen LogP contribution in [0.4, 0.5) is 0 Å². The van der Waals surface area contributed by atoms with Gasteiger partial charge >= 0.3 is 0 Å². The average Bonchev–Trinajstić information content (AvgIpc) is 2.37. The van der Waals surface area contributed by atoms with Gasteiger partial charge in [-0.05, 0) is 62.3 Å². The van der Waals surface area contributed by atoms with Crippen LogP contribution in [0, 0.1) is 20.8 Å². The van der Waals surface area contributed by atoms with Crippen LogP contribution in [0.3, 0.4) is 0 Å². The minimum absolute atomic E-state index is 0.441. The second kappa shape index (κ2) is 6.17. The third kappa shape index (κ3) is 3.44. The molecule has 0 bridgehead atoms. The number of rotatable bonds is 4. The van der Waals surface area contributed by atoms with E-state index in [1.54, 1.807) is 0 Å². The monoisotopic (exact) mass is 268 g/mol.